The van der Waals surface area contributed by atoms with Crippen LogP contribution in [0.25, 0.3) is 27.5 Å². The molecule has 2 aliphatic rings. The molecule has 2 aliphatic carbocycles. The fourth-order valence-corrected chi connectivity index (χ4v) is 4.28. The van der Waals surface area contributed by atoms with Gasteiger partial charge in [-0.15, -0.1) is 0 Å². The topological polar surface area (TPSA) is 12.9 Å². The van der Waals surface area contributed by atoms with E-state index in [1.54, 1.807) is 5.57 Å². The Bertz CT molecular complexity index is 1040. The zero-order valence-electron chi connectivity index (χ0n) is 13.9. The first-order valence-corrected chi connectivity index (χ1v) is 9.24. The van der Waals surface area contributed by atoms with Crippen molar-refractivity contribution >= 4 is 27.9 Å². The Balaban J connectivity index is 1.65. The smallest absolute Gasteiger partial charge is 0.129 e. The highest BCUT2D eigenvalue weighted by Gasteiger charge is 2.20. The van der Waals surface area contributed by atoms with E-state index in [9.17, 15) is 0 Å². The summed E-state index contributed by atoms with van der Waals surface area (Å²) < 4.78 is 0. The van der Waals surface area contributed by atoms with Crippen LogP contribution in [0.5, 0.6) is 0 Å². The molecule has 0 atom stereocenters. The molecular formula is C23H18ClN. The normalized spacial score (nSPS) is 16.0. The number of halogens is 1. The number of hydrogen-bond acceptors (Lipinski definition) is 1. The summed E-state index contributed by atoms with van der Waals surface area (Å²) in [4.78, 5) is 4.20. The molecule has 0 fully saturated rings. The number of rotatable bonds is 1. The molecule has 0 bridgehead atoms. The summed E-state index contributed by atoms with van der Waals surface area (Å²) in [5.74, 6) is 0. The van der Waals surface area contributed by atoms with Gasteiger partial charge in [-0.1, -0.05) is 53.6 Å². The van der Waals surface area contributed by atoms with Gasteiger partial charge in [0.05, 0.1) is 0 Å². The number of aromatic nitrogens is 1. The average molecular weight is 344 g/mol. The predicted octanol–water partition coefficient (Wildman–Crippen LogP) is 6.61. The molecule has 0 saturated heterocycles. The lowest BCUT2D eigenvalue weighted by atomic mass is 9.79. The fourth-order valence-electron chi connectivity index (χ4n) is 4.17. The minimum Gasteiger partial charge on any atom is -0.244 e. The molecule has 5 rings (SSSR count). The van der Waals surface area contributed by atoms with E-state index in [1.165, 1.54) is 52.3 Å². The van der Waals surface area contributed by atoms with Crippen molar-refractivity contribution in [3.63, 3.8) is 0 Å². The number of nitrogens with zero attached hydrogens (tertiary/aromatic N) is 1. The number of aryl methyl sites for hydroxylation is 1. The minimum atomic E-state index is 0.531. The van der Waals surface area contributed by atoms with Crippen LogP contribution in [0.1, 0.15) is 30.4 Å². The molecule has 0 N–H and O–H groups in total. The van der Waals surface area contributed by atoms with Gasteiger partial charge in [0, 0.05) is 11.8 Å². The van der Waals surface area contributed by atoms with Crippen LogP contribution in [0.15, 0.2) is 66.4 Å². The molecule has 3 aromatic rings. The van der Waals surface area contributed by atoms with Crippen molar-refractivity contribution in [2.45, 2.75) is 25.7 Å². The minimum absolute atomic E-state index is 0.531. The number of benzene rings is 2. The van der Waals surface area contributed by atoms with Gasteiger partial charge in [0.1, 0.15) is 5.15 Å². The number of allylic oxidation sites excluding steroid dienone is 4. The number of pyridine rings is 1. The van der Waals surface area contributed by atoms with Crippen molar-refractivity contribution in [1.29, 1.82) is 0 Å². The molecule has 0 unspecified atom stereocenters. The standard InChI is InChI=1S/C23H18ClN/c24-23-12-8-18(14-25-23)16-6-9-20-17(13-16)7-11-21-19-4-2-1-3-15(19)5-10-22(20)21/h2,4,6-9,11-14H,1,3,5,10H2. The zero-order valence-corrected chi connectivity index (χ0v) is 14.7. The van der Waals surface area contributed by atoms with Crippen LogP contribution in [0.4, 0.5) is 0 Å². The summed E-state index contributed by atoms with van der Waals surface area (Å²) in [5, 5.41) is 3.21. The van der Waals surface area contributed by atoms with Crippen molar-refractivity contribution in [2.24, 2.45) is 0 Å². The van der Waals surface area contributed by atoms with Crippen molar-refractivity contribution in [3.05, 3.63) is 82.7 Å². The van der Waals surface area contributed by atoms with E-state index < -0.39 is 0 Å². The highest BCUT2D eigenvalue weighted by atomic mass is 35.5. The third-order valence-electron chi connectivity index (χ3n) is 5.44. The van der Waals surface area contributed by atoms with Gasteiger partial charge in [0.25, 0.3) is 0 Å². The molecule has 1 nitrogen and oxygen atoms in total. The van der Waals surface area contributed by atoms with Crippen molar-refractivity contribution in [2.75, 3.05) is 0 Å². The lowest BCUT2D eigenvalue weighted by Crippen LogP contribution is -2.07. The Kier molecular flexibility index (Phi) is 3.50. The second-order valence-corrected chi connectivity index (χ2v) is 7.24. The van der Waals surface area contributed by atoms with Gasteiger partial charge >= 0.3 is 0 Å². The average Bonchev–Trinajstić information content (AvgIpc) is 2.67. The number of fused-ring (bicyclic) bond motifs is 4. The molecule has 122 valence electrons. The first-order chi connectivity index (χ1) is 12.3. The molecule has 0 spiro atoms. The van der Waals surface area contributed by atoms with Crippen molar-refractivity contribution in [1.82, 2.24) is 4.98 Å². The molecule has 0 saturated carbocycles. The third-order valence-corrected chi connectivity index (χ3v) is 5.66. The largest absolute Gasteiger partial charge is 0.244 e. The van der Waals surface area contributed by atoms with Crippen LogP contribution in [0.2, 0.25) is 5.15 Å². The monoisotopic (exact) mass is 343 g/mol. The lowest BCUT2D eigenvalue weighted by molar-refractivity contribution is 0.831. The van der Waals surface area contributed by atoms with Gasteiger partial charge in [-0.25, -0.2) is 4.98 Å². The maximum absolute atomic E-state index is 5.91. The summed E-state index contributed by atoms with van der Waals surface area (Å²) in [6.07, 6.45) is 11.3. The molecular weight excluding hydrogens is 326 g/mol. The SMILES string of the molecule is Clc1ccc(-c2ccc3c4c(ccc3c2)C2=C(CCC=C2)CC4)cn1. The Labute approximate surface area is 152 Å². The van der Waals surface area contributed by atoms with E-state index in [2.05, 4.69) is 47.5 Å². The van der Waals surface area contributed by atoms with Gasteiger partial charge in [-0.2, -0.15) is 0 Å². The quantitative estimate of drug-likeness (QED) is 0.453. The molecule has 25 heavy (non-hydrogen) atoms. The van der Waals surface area contributed by atoms with E-state index in [0.29, 0.717) is 5.15 Å². The van der Waals surface area contributed by atoms with E-state index >= 15 is 0 Å². The first kappa shape index (κ1) is 14.9. The first-order valence-electron chi connectivity index (χ1n) is 8.86. The van der Waals surface area contributed by atoms with Crippen LogP contribution >= 0.6 is 11.6 Å². The maximum Gasteiger partial charge on any atom is 0.129 e. The second-order valence-electron chi connectivity index (χ2n) is 6.86. The maximum atomic E-state index is 5.91. The highest BCUT2D eigenvalue weighted by molar-refractivity contribution is 6.29. The van der Waals surface area contributed by atoms with Gasteiger partial charge in [-0.05, 0) is 76.9 Å². The summed E-state index contributed by atoms with van der Waals surface area (Å²) >= 11 is 5.91. The van der Waals surface area contributed by atoms with Crippen LogP contribution in [-0.4, -0.2) is 4.98 Å². The zero-order chi connectivity index (χ0) is 16.8. The van der Waals surface area contributed by atoms with Crippen LogP contribution in [0.3, 0.4) is 0 Å². The lowest BCUT2D eigenvalue weighted by Gasteiger charge is -2.25. The van der Waals surface area contributed by atoms with Gasteiger partial charge in [-0.3, -0.25) is 0 Å². The van der Waals surface area contributed by atoms with E-state index in [0.717, 1.165) is 12.0 Å². The Hall–Kier alpha value is -2.38. The van der Waals surface area contributed by atoms with Crippen LogP contribution < -0.4 is 0 Å². The molecule has 0 aliphatic heterocycles. The highest BCUT2D eigenvalue weighted by Crippen LogP contribution is 2.40. The third kappa shape index (κ3) is 2.51. The van der Waals surface area contributed by atoms with Crippen LogP contribution in [0, 0.1) is 0 Å². The molecule has 2 aromatic carbocycles. The van der Waals surface area contributed by atoms with Crippen molar-refractivity contribution < 1.29 is 0 Å². The molecule has 1 aromatic heterocycles. The Morgan fingerprint density at radius 3 is 2.68 bits per heavy atom. The van der Waals surface area contributed by atoms with Gasteiger partial charge in [0.2, 0.25) is 0 Å². The molecule has 0 amide bonds. The molecule has 1 heterocycles. The Morgan fingerprint density at radius 2 is 1.80 bits per heavy atom. The summed E-state index contributed by atoms with van der Waals surface area (Å²) in [6.45, 7) is 0. The molecule has 2 heteroatoms. The summed E-state index contributed by atoms with van der Waals surface area (Å²) in [5.41, 5.74) is 8.34. The molecule has 0 radical (unpaired) electrons. The van der Waals surface area contributed by atoms with Crippen molar-refractivity contribution in [3.8, 4) is 11.1 Å². The Morgan fingerprint density at radius 1 is 0.880 bits per heavy atom. The fraction of sp³-hybridized carbons (Fsp3) is 0.174. The van der Waals surface area contributed by atoms with Crippen LogP contribution in [-0.2, 0) is 6.42 Å². The summed E-state index contributed by atoms with van der Waals surface area (Å²) in [7, 11) is 0. The second kappa shape index (κ2) is 5.86. The van der Waals surface area contributed by atoms with Gasteiger partial charge < -0.3 is 0 Å². The number of hydrogen-bond donors (Lipinski definition) is 0. The predicted molar refractivity (Wildman–Crippen MR) is 106 cm³/mol. The van der Waals surface area contributed by atoms with E-state index in [4.69, 9.17) is 11.6 Å². The van der Waals surface area contributed by atoms with Gasteiger partial charge in [0.15, 0.2) is 0 Å². The summed E-state index contributed by atoms with van der Waals surface area (Å²) in [6, 6.07) is 15.2. The van der Waals surface area contributed by atoms with E-state index in [1.807, 2.05) is 18.3 Å². The van der Waals surface area contributed by atoms with E-state index in [-0.39, 0.29) is 0 Å².